The molecule has 0 radical (unpaired) electrons. The third-order valence-corrected chi connectivity index (χ3v) is 5.66. The van der Waals surface area contributed by atoms with Gasteiger partial charge in [0.15, 0.2) is 0 Å². The Hall–Kier alpha value is -1.25. The Bertz CT molecular complexity index is 633. The zero-order valence-corrected chi connectivity index (χ0v) is 13.6. The summed E-state index contributed by atoms with van der Waals surface area (Å²) < 4.78 is 0. The molecule has 1 aliphatic carbocycles. The number of hydrogen-bond donors (Lipinski definition) is 1. The minimum Gasteiger partial charge on any atom is -0.327 e. The molecule has 0 saturated heterocycles. The van der Waals surface area contributed by atoms with Gasteiger partial charge < -0.3 is 5.73 Å². The van der Waals surface area contributed by atoms with Crippen molar-refractivity contribution in [2.75, 3.05) is 0 Å². The monoisotopic (exact) mass is 297 g/mol. The molecule has 0 saturated carbocycles. The summed E-state index contributed by atoms with van der Waals surface area (Å²) in [5, 5.41) is 0.310. The summed E-state index contributed by atoms with van der Waals surface area (Å²) in [6.07, 6.45) is 3.78. The van der Waals surface area contributed by atoms with E-state index in [4.69, 9.17) is 5.73 Å². The predicted molar refractivity (Wildman–Crippen MR) is 91.9 cm³/mol. The van der Waals surface area contributed by atoms with Crippen LogP contribution < -0.4 is 5.73 Å². The molecule has 0 fully saturated rings. The Morgan fingerprint density at radius 2 is 1.86 bits per heavy atom. The van der Waals surface area contributed by atoms with Gasteiger partial charge in [0.05, 0.1) is 0 Å². The summed E-state index contributed by atoms with van der Waals surface area (Å²) in [7, 11) is 0. The van der Waals surface area contributed by atoms with E-state index < -0.39 is 0 Å². The SMILES string of the molecule is Cc1cccc(C(Sc2ccc3c(c2)CCC3)C(C)N)c1. The van der Waals surface area contributed by atoms with Gasteiger partial charge in [-0.2, -0.15) is 0 Å². The maximum absolute atomic E-state index is 6.26. The van der Waals surface area contributed by atoms with Crippen molar-refractivity contribution in [1.29, 1.82) is 0 Å². The molecule has 2 atom stereocenters. The molecule has 3 rings (SSSR count). The molecule has 0 heterocycles. The number of nitrogens with two attached hydrogens (primary N) is 1. The fraction of sp³-hybridized carbons (Fsp3) is 0.368. The van der Waals surface area contributed by atoms with Crippen LogP contribution in [0.25, 0.3) is 0 Å². The lowest BCUT2D eigenvalue weighted by Gasteiger charge is -2.21. The lowest BCUT2D eigenvalue weighted by atomic mass is 10.0. The van der Waals surface area contributed by atoms with Gasteiger partial charge in [0.2, 0.25) is 0 Å². The van der Waals surface area contributed by atoms with E-state index in [-0.39, 0.29) is 6.04 Å². The molecule has 21 heavy (non-hydrogen) atoms. The molecule has 110 valence electrons. The number of thioether (sulfide) groups is 1. The second-order valence-corrected chi connectivity index (χ2v) is 7.31. The molecule has 2 aromatic carbocycles. The van der Waals surface area contributed by atoms with Crippen LogP contribution in [0.1, 0.15) is 40.8 Å². The smallest absolute Gasteiger partial charge is 0.0492 e. The highest BCUT2D eigenvalue weighted by Crippen LogP contribution is 2.39. The first-order chi connectivity index (χ1) is 10.1. The molecule has 0 aromatic heterocycles. The van der Waals surface area contributed by atoms with E-state index in [1.54, 1.807) is 0 Å². The molecular formula is C19H23NS. The van der Waals surface area contributed by atoms with E-state index in [1.165, 1.54) is 46.4 Å². The van der Waals surface area contributed by atoms with Gasteiger partial charge in [-0.25, -0.2) is 0 Å². The van der Waals surface area contributed by atoms with Gasteiger partial charge in [-0.1, -0.05) is 35.9 Å². The highest BCUT2D eigenvalue weighted by molar-refractivity contribution is 7.99. The topological polar surface area (TPSA) is 26.0 Å². The minimum absolute atomic E-state index is 0.130. The molecule has 0 aliphatic heterocycles. The van der Waals surface area contributed by atoms with Crippen molar-refractivity contribution in [2.24, 2.45) is 5.73 Å². The van der Waals surface area contributed by atoms with Gasteiger partial charge >= 0.3 is 0 Å². The third-order valence-electron chi connectivity index (χ3n) is 4.18. The van der Waals surface area contributed by atoms with Crippen LogP contribution in [0.15, 0.2) is 47.4 Å². The van der Waals surface area contributed by atoms with E-state index in [0.717, 1.165) is 0 Å². The Kier molecular flexibility index (Phi) is 4.37. The lowest BCUT2D eigenvalue weighted by molar-refractivity contribution is 0.721. The van der Waals surface area contributed by atoms with Crippen molar-refractivity contribution in [3.8, 4) is 0 Å². The number of benzene rings is 2. The van der Waals surface area contributed by atoms with E-state index in [1.807, 2.05) is 11.8 Å². The summed E-state index contributed by atoms with van der Waals surface area (Å²) in [6, 6.07) is 15.8. The van der Waals surface area contributed by atoms with Crippen LogP contribution in [-0.2, 0) is 12.8 Å². The molecule has 0 spiro atoms. The van der Waals surface area contributed by atoms with Gasteiger partial charge in [0.25, 0.3) is 0 Å². The Morgan fingerprint density at radius 1 is 1.05 bits per heavy atom. The Balaban J connectivity index is 1.86. The maximum atomic E-state index is 6.26. The average molecular weight is 297 g/mol. The van der Waals surface area contributed by atoms with E-state index in [2.05, 4.69) is 56.3 Å². The van der Waals surface area contributed by atoms with Gasteiger partial charge in [-0.3, -0.25) is 0 Å². The molecule has 0 bridgehead atoms. The van der Waals surface area contributed by atoms with Crippen LogP contribution in [0.5, 0.6) is 0 Å². The van der Waals surface area contributed by atoms with Gasteiger partial charge in [0, 0.05) is 16.2 Å². The Morgan fingerprint density at radius 3 is 2.62 bits per heavy atom. The van der Waals surface area contributed by atoms with Crippen LogP contribution in [0, 0.1) is 6.92 Å². The number of fused-ring (bicyclic) bond motifs is 1. The quantitative estimate of drug-likeness (QED) is 0.830. The number of aryl methyl sites for hydroxylation is 3. The molecule has 0 amide bonds. The van der Waals surface area contributed by atoms with Gasteiger partial charge in [0.1, 0.15) is 0 Å². The molecule has 2 N–H and O–H groups in total. The second-order valence-electron chi connectivity index (χ2n) is 6.10. The standard InChI is InChI=1S/C19H23NS/c1-13-5-3-8-17(11-13)19(14(2)20)21-18-10-9-15-6-4-7-16(15)12-18/h3,5,8-12,14,19H,4,6-7,20H2,1-2H3. The van der Waals surface area contributed by atoms with Gasteiger partial charge in [-0.15, -0.1) is 11.8 Å². The maximum Gasteiger partial charge on any atom is 0.0492 e. The first kappa shape index (κ1) is 14.7. The lowest BCUT2D eigenvalue weighted by Crippen LogP contribution is -2.22. The summed E-state index contributed by atoms with van der Waals surface area (Å²) in [4.78, 5) is 1.35. The van der Waals surface area contributed by atoms with Crippen LogP contribution >= 0.6 is 11.8 Å². The van der Waals surface area contributed by atoms with Gasteiger partial charge in [-0.05, 0) is 61.9 Å². The predicted octanol–water partition coefficient (Wildman–Crippen LogP) is 4.66. The van der Waals surface area contributed by atoms with Crippen molar-refractivity contribution in [1.82, 2.24) is 0 Å². The molecule has 2 aromatic rings. The van der Waals surface area contributed by atoms with Crippen molar-refractivity contribution in [3.63, 3.8) is 0 Å². The highest BCUT2D eigenvalue weighted by atomic mass is 32.2. The third kappa shape index (κ3) is 3.33. The zero-order valence-electron chi connectivity index (χ0n) is 12.8. The zero-order chi connectivity index (χ0) is 14.8. The van der Waals surface area contributed by atoms with Crippen molar-refractivity contribution in [3.05, 3.63) is 64.7 Å². The summed E-state index contributed by atoms with van der Waals surface area (Å²) in [5.41, 5.74) is 12.0. The Labute approximate surface area is 132 Å². The van der Waals surface area contributed by atoms with E-state index >= 15 is 0 Å². The number of hydrogen-bond acceptors (Lipinski definition) is 2. The van der Waals surface area contributed by atoms with Crippen LogP contribution in [0.2, 0.25) is 0 Å². The van der Waals surface area contributed by atoms with Crippen molar-refractivity contribution in [2.45, 2.75) is 49.3 Å². The largest absolute Gasteiger partial charge is 0.327 e. The molecular weight excluding hydrogens is 274 g/mol. The van der Waals surface area contributed by atoms with Crippen LogP contribution in [0.4, 0.5) is 0 Å². The normalized spacial score (nSPS) is 16.5. The molecule has 1 nitrogen and oxygen atoms in total. The van der Waals surface area contributed by atoms with E-state index in [0.29, 0.717) is 5.25 Å². The minimum atomic E-state index is 0.130. The fourth-order valence-electron chi connectivity index (χ4n) is 3.09. The summed E-state index contributed by atoms with van der Waals surface area (Å²) in [5.74, 6) is 0. The average Bonchev–Trinajstić information content (AvgIpc) is 2.92. The summed E-state index contributed by atoms with van der Waals surface area (Å²) >= 11 is 1.90. The van der Waals surface area contributed by atoms with Crippen molar-refractivity contribution < 1.29 is 0 Å². The highest BCUT2D eigenvalue weighted by Gasteiger charge is 2.19. The first-order valence-electron chi connectivity index (χ1n) is 7.74. The van der Waals surface area contributed by atoms with Crippen molar-refractivity contribution >= 4 is 11.8 Å². The summed E-state index contributed by atoms with van der Waals surface area (Å²) in [6.45, 7) is 4.25. The molecule has 2 heteroatoms. The molecule has 1 aliphatic rings. The van der Waals surface area contributed by atoms with Crippen LogP contribution in [-0.4, -0.2) is 6.04 Å². The van der Waals surface area contributed by atoms with Crippen LogP contribution in [0.3, 0.4) is 0 Å². The second kappa shape index (κ2) is 6.25. The fourth-order valence-corrected chi connectivity index (χ4v) is 4.24. The number of rotatable bonds is 4. The molecule has 2 unspecified atom stereocenters. The first-order valence-corrected chi connectivity index (χ1v) is 8.62. The van der Waals surface area contributed by atoms with E-state index in [9.17, 15) is 0 Å².